The highest BCUT2D eigenvalue weighted by Gasteiger charge is 2.24. The first-order valence-electron chi connectivity index (χ1n) is 11.4. The zero-order valence-electron chi connectivity index (χ0n) is 18.7. The van der Waals surface area contributed by atoms with Gasteiger partial charge in [0.15, 0.2) is 6.29 Å². The lowest BCUT2D eigenvalue weighted by Gasteiger charge is -2.18. The van der Waals surface area contributed by atoms with Gasteiger partial charge in [0.2, 0.25) is 0 Å². The lowest BCUT2D eigenvalue weighted by atomic mass is 9.97. The van der Waals surface area contributed by atoms with E-state index in [4.69, 9.17) is 9.47 Å². The fourth-order valence-corrected chi connectivity index (χ4v) is 4.63. The summed E-state index contributed by atoms with van der Waals surface area (Å²) in [6, 6.07) is 28.2. The van der Waals surface area contributed by atoms with Crippen LogP contribution < -0.4 is 9.47 Å². The molecule has 0 saturated carbocycles. The molecule has 4 aromatic rings. The van der Waals surface area contributed by atoms with Crippen molar-refractivity contribution < 1.29 is 14.3 Å². The molecule has 0 atom stereocenters. The van der Waals surface area contributed by atoms with E-state index in [1.54, 1.807) is 0 Å². The van der Waals surface area contributed by atoms with Crippen LogP contribution in [0.4, 0.5) is 0 Å². The van der Waals surface area contributed by atoms with E-state index in [2.05, 4.69) is 49.4 Å². The second kappa shape index (κ2) is 9.33. The molecule has 3 nitrogen and oxygen atoms in total. The number of para-hydroxylation sites is 1. The van der Waals surface area contributed by atoms with Gasteiger partial charge in [0, 0.05) is 6.07 Å². The fourth-order valence-electron chi connectivity index (χ4n) is 4.63. The summed E-state index contributed by atoms with van der Waals surface area (Å²) in [4.78, 5) is 12.0. The van der Waals surface area contributed by atoms with Crippen molar-refractivity contribution >= 4 is 6.29 Å². The molecule has 5 rings (SSSR count). The van der Waals surface area contributed by atoms with Gasteiger partial charge in [-0.1, -0.05) is 66.7 Å². The normalized spacial score (nSPS) is 12.3. The summed E-state index contributed by atoms with van der Waals surface area (Å²) in [5, 5.41) is 0. The Morgan fingerprint density at radius 2 is 1.55 bits per heavy atom. The third kappa shape index (κ3) is 4.27. The first-order chi connectivity index (χ1) is 16.2. The molecule has 0 fully saturated rings. The summed E-state index contributed by atoms with van der Waals surface area (Å²) in [6.45, 7) is 2.61. The lowest BCUT2D eigenvalue weighted by molar-refractivity contribution is 0.112. The van der Waals surface area contributed by atoms with E-state index in [1.165, 1.54) is 16.7 Å². The van der Waals surface area contributed by atoms with Crippen molar-refractivity contribution in [3.63, 3.8) is 0 Å². The van der Waals surface area contributed by atoms with Crippen molar-refractivity contribution in [2.45, 2.75) is 32.8 Å². The fraction of sp³-hybridized carbons (Fsp3) is 0.167. The van der Waals surface area contributed by atoms with Crippen LogP contribution in [0.3, 0.4) is 0 Å². The van der Waals surface area contributed by atoms with E-state index in [0.717, 1.165) is 48.0 Å². The van der Waals surface area contributed by atoms with Crippen molar-refractivity contribution in [3.05, 3.63) is 113 Å². The van der Waals surface area contributed by atoms with Crippen LogP contribution in [0.1, 0.15) is 39.0 Å². The molecule has 0 radical (unpaired) electrons. The summed E-state index contributed by atoms with van der Waals surface area (Å²) in [7, 11) is 0. The number of carbonyl (C=O) groups excluding carboxylic acids is 1. The van der Waals surface area contributed by atoms with E-state index in [1.807, 2.05) is 42.5 Å². The van der Waals surface area contributed by atoms with Crippen LogP contribution >= 0.6 is 0 Å². The molecule has 0 aromatic heterocycles. The Morgan fingerprint density at radius 1 is 0.818 bits per heavy atom. The van der Waals surface area contributed by atoms with Crippen molar-refractivity contribution in [2.75, 3.05) is 0 Å². The Balaban J connectivity index is 1.46. The van der Waals surface area contributed by atoms with E-state index < -0.39 is 0 Å². The number of aldehydes is 1. The quantitative estimate of drug-likeness (QED) is 0.286. The van der Waals surface area contributed by atoms with Gasteiger partial charge in [-0.15, -0.1) is 0 Å². The molecule has 0 unspecified atom stereocenters. The number of fused-ring (bicyclic) bond motifs is 1. The molecule has 0 aliphatic heterocycles. The lowest BCUT2D eigenvalue weighted by Crippen LogP contribution is -2.04. The number of hydrogen-bond acceptors (Lipinski definition) is 3. The number of ether oxygens (including phenoxy) is 2. The standard InChI is InChI=1S/C30H26O3/c1-21-23(12-8-15-25(21)22-10-4-2-5-11-22)20-32-29-18-30(33-24-13-6-3-7-14-24)28(19-31)26-16-9-17-27(26)29/h2-8,10-15,18-19H,9,16-17,20H2,1H3. The maximum Gasteiger partial charge on any atom is 0.154 e. The molecular formula is C30H26O3. The average Bonchev–Trinajstić information content (AvgIpc) is 3.34. The smallest absolute Gasteiger partial charge is 0.154 e. The predicted octanol–water partition coefficient (Wildman–Crippen LogP) is 7.33. The molecule has 0 bridgehead atoms. The van der Waals surface area contributed by atoms with Gasteiger partial charge in [-0.25, -0.2) is 0 Å². The third-order valence-corrected chi connectivity index (χ3v) is 6.37. The van der Waals surface area contributed by atoms with Crippen LogP contribution in [-0.2, 0) is 19.4 Å². The largest absolute Gasteiger partial charge is 0.488 e. The van der Waals surface area contributed by atoms with E-state index >= 15 is 0 Å². The molecule has 0 N–H and O–H groups in total. The first-order valence-corrected chi connectivity index (χ1v) is 11.4. The first kappa shape index (κ1) is 21.0. The predicted molar refractivity (Wildman–Crippen MR) is 131 cm³/mol. The Hall–Kier alpha value is -3.85. The second-order valence-electron chi connectivity index (χ2n) is 8.37. The van der Waals surface area contributed by atoms with Crippen LogP contribution in [0.5, 0.6) is 17.2 Å². The minimum atomic E-state index is 0.462. The van der Waals surface area contributed by atoms with Crippen molar-refractivity contribution in [2.24, 2.45) is 0 Å². The second-order valence-corrected chi connectivity index (χ2v) is 8.37. The van der Waals surface area contributed by atoms with Crippen LogP contribution in [0, 0.1) is 6.92 Å². The van der Waals surface area contributed by atoms with E-state index in [-0.39, 0.29) is 0 Å². The van der Waals surface area contributed by atoms with Crippen molar-refractivity contribution in [1.29, 1.82) is 0 Å². The van der Waals surface area contributed by atoms with Gasteiger partial charge < -0.3 is 9.47 Å². The molecule has 1 aliphatic carbocycles. The molecule has 1 aliphatic rings. The highest BCUT2D eigenvalue weighted by atomic mass is 16.5. The summed E-state index contributed by atoms with van der Waals surface area (Å²) in [5.74, 6) is 2.07. The van der Waals surface area contributed by atoms with Gasteiger partial charge in [0.05, 0.1) is 5.56 Å². The van der Waals surface area contributed by atoms with Gasteiger partial charge in [-0.05, 0) is 71.7 Å². The average molecular weight is 435 g/mol. The summed E-state index contributed by atoms with van der Waals surface area (Å²) in [6.07, 6.45) is 3.72. The highest BCUT2D eigenvalue weighted by molar-refractivity contribution is 5.84. The SMILES string of the molecule is Cc1c(COc2cc(Oc3ccccc3)c(C=O)c3c2CCC3)cccc1-c1ccccc1. The molecule has 0 spiro atoms. The van der Waals surface area contributed by atoms with Crippen LogP contribution in [0.25, 0.3) is 11.1 Å². The Kier molecular flexibility index (Phi) is 5.95. The van der Waals surface area contributed by atoms with Gasteiger partial charge in [0.25, 0.3) is 0 Å². The van der Waals surface area contributed by atoms with E-state index in [9.17, 15) is 4.79 Å². The maximum absolute atomic E-state index is 12.0. The summed E-state index contributed by atoms with van der Waals surface area (Å²) >= 11 is 0. The Labute approximate surface area is 194 Å². The number of carbonyl (C=O) groups is 1. The molecule has 0 amide bonds. The van der Waals surface area contributed by atoms with Crippen molar-refractivity contribution in [1.82, 2.24) is 0 Å². The van der Waals surface area contributed by atoms with Gasteiger partial charge in [-0.2, -0.15) is 0 Å². The topological polar surface area (TPSA) is 35.5 Å². The summed E-state index contributed by atoms with van der Waals surface area (Å²) < 4.78 is 12.5. The minimum absolute atomic E-state index is 0.462. The number of rotatable bonds is 7. The molecule has 0 heterocycles. The summed E-state index contributed by atoms with van der Waals surface area (Å²) in [5.41, 5.74) is 7.61. The molecule has 164 valence electrons. The third-order valence-electron chi connectivity index (χ3n) is 6.37. The zero-order chi connectivity index (χ0) is 22.6. The van der Waals surface area contributed by atoms with Crippen molar-refractivity contribution in [3.8, 4) is 28.4 Å². The molecule has 33 heavy (non-hydrogen) atoms. The molecular weight excluding hydrogens is 408 g/mol. The van der Waals surface area contributed by atoms with Crippen LogP contribution in [0.2, 0.25) is 0 Å². The van der Waals surface area contributed by atoms with Gasteiger partial charge >= 0.3 is 0 Å². The molecule has 3 heteroatoms. The highest BCUT2D eigenvalue weighted by Crippen LogP contribution is 2.40. The van der Waals surface area contributed by atoms with Crippen LogP contribution in [0.15, 0.2) is 84.9 Å². The Morgan fingerprint density at radius 3 is 2.30 bits per heavy atom. The number of hydrogen-bond donors (Lipinski definition) is 0. The van der Waals surface area contributed by atoms with Gasteiger partial charge in [0.1, 0.15) is 23.9 Å². The monoisotopic (exact) mass is 434 g/mol. The van der Waals surface area contributed by atoms with E-state index in [0.29, 0.717) is 23.7 Å². The zero-order valence-corrected chi connectivity index (χ0v) is 18.7. The van der Waals surface area contributed by atoms with Crippen LogP contribution in [-0.4, -0.2) is 6.29 Å². The molecule has 4 aromatic carbocycles. The number of benzene rings is 4. The molecule has 0 saturated heterocycles. The minimum Gasteiger partial charge on any atom is -0.488 e. The Bertz CT molecular complexity index is 1280. The maximum atomic E-state index is 12.0. The van der Waals surface area contributed by atoms with Gasteiger partial charge in [-0.3, -0.25) is 4.79 Å².